The van der Waals surface area contributed by atoms with Gasteiger partial charge in [-0.05, 0) is 36.4 Å². The first-order valence-corrected chi connectivity index (χ1v) is 7.72. The molecule has 0 saturated carbocycles. The van der Waals surface area contributed by atoms with Crippen LogP contribution in [0.15, 0.2) is 42.5 Å². The fourth-order valence-corrected chi connectivity index (χ4v) is 2.01. The molecule has 0 heterocycles. The molecule has 2 rings (SSSR count). The number of halogens is 2. The van der Waals surface area contributed by atoms with E-state index in [2.05, 4.69) is 10.6 Å². The van der Waals surface area contributed by atoms with Gasteiger partial charge in [-0.3, -0.25) is 9.59 Å². The third kappa shape index (κ3) is 4.55. The zero-order valence-electron chi connectivity index (χ0n) is 13.6. The van der Waals surface area contributed by atoms with Gasteiger partial charge in [0, 0.05) is 22.4 Å². The second-order valence-electron chi connectivity index (χ2n) is 6.37. The Bertz CT molecular complexity index is 785. The zero-order valence-corrected chi connectivity index (χ0v) is 14.4. The van der Waals surface area contributed by atoms with E-state index in [0.717, 1.165) is 0 Å². The smallest absolute Gasteiger partial charge is 0.255 e. The van der Waals surface area contributed by atoms with Gasteiger partial charge in [-0.2, -0.15) is 0 Å². The normalized spacial score (nSPS) is 11.0. The average molecular weight is 349 g/mol. The summed E-state index contributed by atoms with van der Waals surface area (Å²) in [5.41, 5.74) is 0.737. The molecule has 0 aliphatic heterocycles. The monoisotopic (exact) mass is 348 g/mol. The molecule has 0 spiro atoms. The molecule has 0 atom stereocenters. The van der Waals surface area contributed by atoms with Gasteiger partial charge in [-0.15, -0.1) is 0 Å². The van der Waals surface area contributed by atoms with Crippen LogP contribution in [0.4, 0.5) is 15.8 Å². The number of hydrogen-bond acceptors (Lipinski definition) is 2. The molecule has 2 aromatic rings. The maximum atomic E-state index is 13.1. The lowest BCUT2D eigenvalue weighted by atomic mass is 9.95. The predicted octanol–water partition coefficient (Wildman–Crippen LogP) is 4.72. The van der Waals surface area contributed by atoms with Crippen molar-refractivity contribution in [3.05, 3.63) is 58.9 Å². The summed E-state index contributed by atoms with van der Waals surface area (Å²) in [5, 5.41) is 5.33. The van der Waals surface area contributed by atoms with Crippen LogP contribution in [0.25, 0.3) is 0 Å². The summed E-state index contributed by atoms with van der Waals surface area (Å²) in [6.07, 6.45) is 0. The molecule has 0 fully saturated rings. The van der Waals surface area contributed by atoms with Crippen molar-refractivity contribution in [3.63, 3.8) is 0 Å². The standard InChI is InChI=1S/C18H18ClFN2O2/c1-18(2,3)17(24)22-12-6-4-5-11(9-12)16(23)21-13-7-8-15(20)14(19)10-13/h4-10H,1-3H3,(H,21,23)(H,22,24). The van der Waals surface area contributed by atoms with Crippen LogP contribution in [-0.2, 0) is 4.79 Å². The fraction of sp³-hybridized carbons (Fsp3) is 0.222. The molecule has 2 N–H and O–H groups in total. The van der Waals surface area contributed by atoms with Crippen molar-refractivity contribution >= 4 is 34.8 Å². The third-order valence-electron chi connectivity index (χ3n) is 3.24. The molecule has 126 valence electrons. The summed E-state index contributed by atoms with van der Waals surface area (Å²) in [5.74, 6) is -1.09. The summed E-state index contributed by atoms with van der Waals surface area (Å²) >= 11 is 5.69. The van der Waals surface area contributed by atoms with Crippen LogP contribution in [-0.4, -0.2) is 11.8 Å². The summed E-state index contributed by atoms with van der Waals surface area (Å²) < 4.78 is 13.1. The van der Waals surface area contributed by atoms with Crippen LogP contribution in [0.5, 0.6) is 0 Å². The number of rotatable bonds is 3. The van der Waals surface area contributed by atoms with Crippen LogP contribution < -0.4 is 10.6 Å². The van der Waals surface area contributed by atoms with Crippen LogP contribution in [0, 0.1) is 11.2 Å². The van der Waals surface area contributed by atoms with Crippen molar-refractivity contribution in [3.8, 4) is 0 Å². The number of nitrogens with one attached hydrogen (secondary N) is 2. The molecule has 6 heteroatoms. The minimum Gasteiger partial charge on any atom is -0.326 e. The summed E-state index contributed by atoms with van der Waals surface area (Å²) in [6.45, 7) is 5.41. The maximum Gasteiger partial charge on any atom is 0.255 e. The van der Waals surface area contributed by atoms with Crippen LogP contribution >= 0.6 is 11.6 Å². The van der Waals surface area contributed by atoms with E-state index in [4.69, 9.17) is 11.6 Å². The minimum atomic E-state index is -0.554. The van der Waals surface area contributed by atoms with E-state index in [-0.39, 0.29) is 16.8 Å². The van der Waals surface area contributed by atoms with E-state index < -0.39 is 11.2 Å². The number of hydrogen-bond donors (Lipinski definition) is 2. The quantitative estimate of drug-likeness (QED) is 0.843. The van der Waals surface area contributed by atoms with Gasteiger partial charge in [0.15, 0.2) is 0 Å². The van der Waals surface area contributed by atoms with Gasteiger partial charge in [-0.25, -0.2) is 4.39 Å². The Hall–Kier alpha value is -2.40. The Kier molecular flexibility index (Phi) is 5.24. The van der Waals surface area contributed by atoms with E-state index in [1.807, 2.05) is 0 Å². The zero-order chi connectivity index (χ0) is 17.9. The van der Waals surface area contributed by atoms with E-state index >= 15 is 0 Å². The molecular weight excluding hydrogens is 331 g/mol. The largest absolute Gasteiger partial charge is 0.326 e. The van der Waals surface area contributed by atoms with Crippen molar-refractivity contribution in [2.45, 2.75) is 20.8 Å². The molecule has 0 aromatic heterocycles. The van der Waals surface area contributed by atoms with Gasteiger partial charge < -0.3 is 10.6 Å². The van der Waals surface area contributed by atoms with Crippen molar-refractivity contribution in [1.82, 2.24) is 0 Å². The lowest BCUT2D eigenvalue weighted by Gasteiger charge is -2.18. The summed E-state index contributed by atoms with van der Waals surface area (Å²) in [4.78, 5) is 24.3. The number of benzene rings is 2. The van der Waals surface area contributed by atoms with Crippen LogP contribution in [0.3, 0.4) is 0 Å². The topological polar surface area (TPSA) is 58.2 Å². The Morgan fingerprint density at radius 3 is 2.29 bits per heavy atom. The van der Waals surface area contributed by atoms with E-state index in [9.17, 15) is 14.0 Å². The number of carbonyl (C=O) groups is 2. The fourth-order valence-electron chi connectivity index (χ4n) is 1.83. The highest BCUT2D eigenvalue weighted by Gasteiger charge is 2.21. The highest BCUT2D eigenvalue weighted by molar-refractivity contribution is 6.31. The van der Waals surface area contributed by atoms with Gasteiger partial charge in [0.25, 0.3) is 5.91 Å². The predicted molar refractivity (Wildman–Crippen MR) is 93.9 cm³/mol. The van der Waals surface area contributed by atoms with Gasteiger partial charge in [0.2, 0.25) is 5.91 Å². The highest BCUT2D eigenvalue weighted by atomic mass is 35.5. The van der Waals surface area contributed by atoms with E-state index in [1.165, 1.54) is 18.2 Å². The summed E-state index contributed by atoms with van der Waals surface area (Å²) in [7, 11) is 0. The first-order valence-electron chi connectivity index (χ1n) is 7.35. The van der Waals surface area contributed by atoms with Crippen molar-refractivity contribution in [1.29, 1.82) is 0 Å². The van der Waals surface area contributed by atoms with E-state index in [1.54, 1.807) is 45.0 Å². The average Bonchev–Trinajstić information content (AvgIpc) is 2.50. The van der Waals surface area contributed by atoms with Gasteiger partial charge >= 0.3 is 0 Å². The lowest BCUT2D eigenvalue weighted by Crippen LogP contribution is -2.27. The Morgan fingerprint density at radius 2 is 1.67 bits per heavy atom. The number of amides is 2. The Labute approximate surface area is 145 Å². The van der Waals surface area contributed by atoms with Gasteiger partial charge in [0.1, 0.15) is 5.82 Å². The molecule has 0 aliphatic rings. The molecular formula is C18H18ClFN2O2. The third-order valence-corrected chi connectivity index (χ3v) is 3.53. The van der Waals surface area contributed by atoms with Crippen molar-refractivity contribution in [2.24, 2.45) is 5.41 Å². The second-order valence-corrected chi connectivity index (χ2v) is 6.78. The van der Waals surface area contributed by atoms with Gasteiger partial charge in [0.05, 0.1) is 5.02 Å². The maximum absolute atomic E-state index is 13.1. The first-order chi connectivity index (χ1) is 11.2. The molecule has 2 amide bonds. The molecule has 2 aromatic carbocycles. The highest BCUT2D eigenvalue weighted by Crippen LogP contribution is 2.21. The van der Waals surface area contributed by atoms with Gasteiger partial charge in [-0.1, -0.05) is 38.4 Å². The Balaban J connectivity index is 2.14. The molecule has 0 unspecified atom stereocenters. The lowest BCUT2D eigenvalue weighted by molar-refractivity contribution is -0.123. The molecule has 0 saturated heterocycles. The minimum absolute atomic E-state index is 0.0704. The SMILES string of the molecule is CC(C)(C)C(=O)Nc1cccc(C(=O)Nc2ccc(F)c(Cl)c2)c1. The van der Waals surface area contributed by atoms with Crippen molar-refractivity contribution < 1.29 is 14.0 Å². The summed E-state index contributed by atoms with van der Waals surface area (Å²) in [6, 6.07) is 10.5. The molecule has 0 bridgehead atoms. The second kappa shape index (κ2) is 7.01. The molecule has 0 radical (unpaired) electrons. The van der Waals surface area contributed by atoms with E-state index in [0.29, 0.717) is 16.9 Å². The molecule has 4 nitrogen and oxygen atoms in total. The molecule has 0 aliphatic carbocycles. The van der Waals surface area contributed by atoms with Crippen molar-refractivity contribution in [2.75, 3.05) is 10.6 Å². The van der Waals surface area contributed by atoms with Crippen LogP contribution in [0.1, 0.15) is 31.1 Å². The first kappa shape index (κ1) is 17.9. The number of carbonyl (C=O) groups excluding carboxylic acids is 2. The van der Waals surface area contributed by atoms with Crippen LogP contribution in [0.2, 0.25) is 5.02 Å². The Morgan fingerprint density at radius 1 is 1.00 bits per heavy atom. The number of anilines is 2. The molecule has 24 heavy (non-hydrogen) atoms.